The zero-order valence-corrected chi connectivity index (χ0v) is 8.54. The summed E-state index contributed by atoms with van der Waals surface area (Å²) in [7, 11) is 0. The summed E-state index contributed by atoms with van der Waals surface area (Å²) in [5.41, 5.74) is 0. The summed E-state index contributed by atoms with van der Waals surface area (Å²) in [5, 5.41) is 4.86. The molecule has 1 aromatic heterocycles. The second kappa shape index (κ2) is 3.68. The Labute approximate surface area is 83.3 Å². The van der Waals surface area contributed by atoms with Gasteiger partial charge < -0.3 is 0 Å². The summed E-state index contributed by atoms with van der Waals surface area (Å²) in [6.07, 6.45) is 4.85. The molecule has 0 N–H and O–H groups in total. The fraction of sp³-hybridized carbons (Fsp3) is 0.667. The van der Waals surface area contributed by atoms with Gasteiger partial charge >= 0.3 is 0 Å². The van der Waals surface area contributed by atoms with E-state index in [1.165, 1.54) is 19.5 Å². The maximum Gasteiger partial charge on any atom is 0.0929 e. The van der Waals surface area contributed by atoms with E-state index in [9.17, 15) is 0 Å². The standard InChI is InChI=1S/C9H14ClN3/c1-8-2-3-12(5-8)7-13-6-9(10)4-11-13/h4,6,8H,2-3,5,7H2,1H3. The zero-order valence-electron chi connectivity index (χ0n) is 7.78. The van der Waals surface area contributed by atoms with Crippen molar-refractivity contribution in [2.75, 3.05) is 13.1 Å². The van der Waals surface area contributed by atoms with E-state index < -0.39 is 0 Å². The molecule has 1 aromatic rings. The first-order chi connectivity index (χ1) is 6.24. The maximum atomic E-state index is 5.77. The van der Waals surface area contributed by atoms with Crippen molar-refractivity contribution in [2.24, 2.45) is 5.92 Å². The first kappa shape index (κ1) is 9.03. The molecule has 0 saturated carbocycles. The molecule has 0 radical (unpaired) electrons. The highest BCUT2D eigenvalue weighted by atomic mass is 35.5. The number of likely N-dealkylation sites (tertiary alicyclic amines) is 1. The molecule has 1 aliphatic heterocycles. The predicted molar refractivity (Wildman–Crippen MR) is 52.6 cm³/mol. The SMILES string of the molecule is CC1CCN(Cn2cc(Cl)cn2)C1. The van der Waals surface area contributed by atoms with E-state index in [-0.39, 0.29) is 0 Å². The van der Waals surface area contributed by atoms with Crippen LogP contribution in [-0.4, -0.2) is 27.8 Å². The molecule has 2 rings (SSSR count). The average Bonchev–Trinajstić information content (AvgIpc) is 2.62. The molecule has 0 amide bonds. The third-order valence-corrected chi connectivity index (χ3v) is 2.65. The minimum absolute atomic E-state index is 0.715. The van der Waals surface area contributed by atoms with Gasteiger partial charge in [-0.1, -0.05) is 18.5 Å². The second-order valence-electron chi connectivity index (χ2n) is 3.81. The van der Waals surface area contributed by atoms with Gasteiger partial charge in [0.25, 0.3) is 0 Å². The van der Waals surface area contributed by atoms with Gasteiger partial charge in [0.05, 0.1) is 17.9 Å². The smallest absolute Gasteiger partial charge is 0.0929 e. The van der Waals surface area contributed by atoms with Crippen LogP contribution in [0.3, 0.4) is 0 Å². The van der Waals surface area contributed by atoms with Crippen LogP contribution in [-0.2, 0) is 6.67 Å². The molecule has 0 bridgehead atoms. The maximum absolute atomic E-state index is 5.77. The Kier molecular flexibility index (Phi) is 2.56. The lowest BCUT2D eigenvalue weighted by Gasteiger charge is -2.14. The van der Waals surface area contributed by atoms with Crippen LogP contribution in [0.15, 0.2) is 12.4 Å². The van der Waals surface area contributed by atoms with Crippen LogP contribution in [0.2, 0.25) is 5.02 Å². The van der Waals surface area contributed by atoms with Crippen LogP contribution in [0.1, 0.15) is 13.3 Å². The fourth-order valence-corrected chi connectivity index (χ4v) is 1.93. The molecule has 0 aromatic carbocycles. The van der Waals surface area contributed by atoms with Crippen molar-refractivity contribution in [3.8, 4) is 0 Å². The number of hydrogen-bond acceptors (Lipinski definition) is 2. The molecule has 3 nitrogen and oxygen atoms in total. The van der Waals surface area contributed by atoms with E-state index >= 15 is 0 Å². The molecule has 1 saturated heterocycles. The minimum Gasteiger partial charge on any atom is -0.284 e. The predicted octanol–water partition coefficient (Wildman–Crippen LogP) is 1.84. The summed E-state index contributed by atoms with van der Waals surface area (Å²) >= 11 is 5.77. The van der Waals surface area contributed by atoms with E-state index in [1.54, 1.807) is 6.20 Å². The Morgan fingerprint density at radius 1 is 1.69 bits per heavy atom. The average molecular weight is 200 g/mol. The molecule has 4 heteroatoms. The third kappa shape index (κ3) is 2.23. The van der Waals surface area contributed by atoms with Crippen molar-refractivity contribution in [2.45, 2.75) is 20.0 Å². The first-order valence-corrected chi connectivity index (χ1v) is 5.02. The highest BCUT2D eigenvalue weighted by Crippen LogP contribution is 2.15. The lowest BCUT2D eigenvalue weighted by molar-refractivity contribution is 0.248. The monoisotopic (exact) mass is 199 g/mol. The number of hydrogen-bond donors (Lipinski definition) is 0. The third-order valence-electron chi connectivity index (χ3n) is 2.45. The molecule has 2 heterocycles. The van der Waals surface area contributed by atoms with Crippen molar-refractivity contribution in [3.63, 3.8) is 0 Å². The molecular weight excluding hydrogens is 186 g/mol. The fourth-order valence-electron chi connectivity index (χ4n) is 1.78. The van der Waals surface area contributed by atoms with E-state index in [2.05, 4.69) is 16.9 Å². The lowest BCUT2D eigenvalue weighted by atomic mass is 10.2. The molecule has 0 aliphatic carbocycles. The molecule has 13 heavy (non-hydrogen) atoms. The van der Waals surface area contributed by atoms with Crippen molar-refractivity contribution < 1.29 is 0 Å². The number of nitrogens with zero attached hydrogens (tertiary/aromatic N) is 3. The largest absolute Gasteiger partial charge is 0.284 e. The van der Waals surface area contributed by atoms with Crippen LogP contribution >= 0.6 is 11.6 Å². The molecule has 1 aliphatic rings. The van der Waals surface area contributed by atoms with E-state index in [4.69, 9.17) is 11.6 Å². The van der Waals surface area contributed by atoms with Gasteiger partial charge in [0, 0.05) is 19.3 Å². The second-order valence-corrected chi connectivity index (χ2v) is 4.25. The van der Waals surface area contributed by atoms with E-state index in [0.29, 0.717) is 5.02 Å². The molecule has 0 spiro atoms. The quantitative estimate of drug-likeness (QED) is 0.725. The van der Waals surface area contributed by atoms with E-state index in [1.807, 2.05) is 10.9 Å². The summed E-state index contributed by atoms with van der Waals surface area (Å²) in [6.45, 7) is 5.52. The highest BCUT2D eigenvalue weighted by Gasteiger charge is 2.18. The van der Waals surface area contributed by atoms with Gasteiger partial charge in [-0.3, -0.25) is 9.58 Å². The van der Waals surface area contributed by atoms with Crippen molar-refractivity contribution in [1.82, 2.24) is 14.7 Å². The first-order valence-electron chi connectivity index (χ1n) is 4.64. The van der Waals surface area contributed by atoms with Crippen LogP contribution < -0.4 is 0 Å². The van der Waals surface area contributed by atoms with Crippen LogP contribution in [0.5, 0.6) is 0 Å². The zero-order chi connectivity index (χ0) is 9.26. The normalized spacial score (nSPS) is 24.0. The van der Waals surface area contributed by atoms with E-state index in [0.717, 1.165) is 12.6 Å². The Hall–Kier alpha value is -0.540. The number of aromatic nitrogens is 2. The molecule has 1 atom stereocenters. The summed E-state index contributed by atoms with van der Waals surface area (Å²) in [5.74, 6) is 0.825. The molecular formula is C9H14ClN3. The van der Waals surface area contributed by atoms with Crippen LogP contribution in [0.4, 0.5) is 0 Å². The lowest BCUT2D eigenvalue weighted by Crippen LogP contribution is -2.23. The summed E-state index contributed by atoms with van der Waals surface area (Å²) in [6, 6.07) is 0. The summed E-state index contributed by atoms with van der Waals surface area (Å²) in [4.78, 5) is 2.40. The Morgan fingerprint density at radius 3 is 3.08 bits per heavy atom. The molecule has 72 valence electrons. The topological polar surface area (TPSA) is 21.1 Å². The van der Waals surface area contributed by atoms with Gasteiger partial charge in [-0.05, 0) is 12.3 Å². The van der Waals surface area contributed by atoms with Gasteiger partial charge in [0.2, 0.25) is 0 Å². The number of rotatable bonds is 2. The summed E-state index contributed by atoms with van der Waals surface area (Å²) < 4.78 is 1.89. The van der Waals surface area contributed by atoms with Crippen LogP contribution in [0, 0.1) is 5.92 Å². The van der Waals surface area contributed by atoms with Gasteiger partial charge in [0.1, 0.15) is 0 Å². The van der Waals surface area contributed by atoms with Crippen molar-refractivity contribution >= 4 is 11.6 Å². The Morgan fingerprint density at radius 2 is 2.54 bits per heavy atom. The van der Waals surface area contributed by atoms with Crippen LogP contribution in [0.25, 0.3) is 0 Å². The Balaban J connectivity index is 1.91. The van der Waals surface area contributed by atoms with Crippen molar-refractivity contribution in [3.05, 3.63) is 17.4 Å². The molecule has 1 fully saturated rings. The van der Waals surface area contributed by atoms with Gasteiger partial charge in [-0.15, -0.1) is 0 Å². The number of halogens is 1. The van der Waals surface area contributed by atoms with Gasteiger partial charge in [0.15, 0.2) is 0 Å². The minimum atomic E-state index is 0.715. The van der Waals surface area contributed by atoms with Gasteiger partial charge in [-0.25, -0.2) is 0 Å². The van der Waals surface area contributed by atoms with Gasteiger partial charge in [-0.2, -0.15) is 5.10 Å². The Bertz CT molecular complexity index is 284. The molecule has 1 unspecified atom stereocenters. The highest BCUT2D eigenvalue weighted by molar-refractivity contribution is 6.30. The van der Waals surface area contributed by atoms with Crippen molar-refractivity contribution in [1.29, 1.82) is 0 Å².